The van der Waals surface area contributed by atoms with Crippen LogP contribution >= 0.6 is 0 Å². The molecule has 2 saturated heterocycles. The van der Waals surface area contributed by atoms with Crippen molar-refractivity contribution in [3.63, 3.8) is 0 Å². The van der Waals surface area contributed by atoms with Crippen LogP contribution in [-0.2, 0) is 9.53 Å². The molecule has 3 aliphatic heterocycles. The highest BCUT2D eigenvalue weighted by atomic mass is 16.6. The molecule has 0 radical (unpaired) electrons. The number of nitrogens with zero attached hydrogens (tertiary/aromatic N) is 1. The fraction of sp³-hybridized carbons (Fsp3) is 0.615. The van der Waals surface area contributed by atoms with Crippen molar-refractivity contribution >= 4 is 5.97 Å². The van der Waals surface area contributed by atoms with E-state index in [9.17, 15) is 4.79 Å². The first-order valence-corrected chi connectivity index (χ1v) is 6.19. The largest absolute Gasteiger partial charge is 0.449 e. The van der Waals surface area contributed by atoms with Crippen LogP contribution in [0, 0.1) is 0 Å². The van der Waals surface area contributed by atoms with E-state index in [4.69, 9.17) is 4.74 Å². The van der Waals surface area contributed by atoms with Gasteiger partial charge < -0.3 is 4.74 Å². The van der Waals surface area contributed by atoms with Crippen LogP contribution in [0.3, 0.4) is 0 Å². The van der Waals surface area contributed by atoms with E-state index >= 15 is 0 Å². The number of hydrogen-bond acceptors (Lipinski definition) is 3. The normalized spacial score (nSPS) is 45.0. The van der Waals surface area contributed by atoms with Gasteiger partial charge in [-0.3, -0.25) is 4.90 Å². The molecule has 3 heteroatoms. The van der Waals surface area contributed by atoms with Crippen LogP contribution in [0.4, 0.5) is 0 Å². The predicted octanol–water partition coefficient (Wildman–Crippen LogP) is 1.41. The Morgan fingerprint density at radius 3 is 3.31 bits per heavy atom. The summed E-state index contributed by atoms with van der Waals surface area (Å²) in [5.41, 5.74) is 0.833. The van der Waals surface area contributed by atoms with Crippen molar-refractivity contribution in [1.82, 2.24) is 4.90 Å². The lowest BCUT2D eigenvalue weighted by molar-refractivity contribution is -0.148. The second kappa shape index (κ2) is 2.77. The van der Waals surface area contributed by atoms with Crippen molar-refractivity contribution < 1.29 is 9.53 Å². The van der Waals surface area contributed by atoms with Crippen LogP contribution < -0.4 is 0 Å². The van der Waals surface area contributed by atoms with Gasteiger partial charge in [0, 0.05) is 24.1 Å². The van der Waals surface area contributed by atoms with E-state index < -0.39 is 0 Å². The minimum Gasteiger partial charge on any atom is -0.449 e. The highest BCUT2D eigenvalue weighted by molar-refractivity contribution is 5.88. The molecule has 84 valence electrons. The quantitative estimate of drug-likeness (QED) is 0.574. The SMILES string of the molecule is O=C1C=C2C=CC3C[C@]2(O1)[C@H]1CCCCN31. The van der Waals surface area contributed by atoms with Crippen molar-refractivity contribution in [2.75, 3.05) is 6.54 Å². The molecule has 0 amide bonds. The molecule has 3 nitrogen and oxygen atoms in total. The van der Waals surface area contributed by atoms with Crippen LogP contribution in [0.25, 0.3) is 0 Å². The van der Waals surface area contributed by atoms with E-state index in [2.05, 4.69) is 17.1 Å². The minimum atomic E-state index is -0.281. The maximum atomic E-state index is 11.5. The van der Waals surface area contributed by atoms with Gasteiger partial charge in [0.05, 0.1) is 6.04 Å². The van der Waals surface area contributed by atoms with Crippen molar-refractivity contribution in [3.8, 4) is 0 Å². The van der Waals surface area contributed by atoms with E-state index in [0.29, 0.717) is 12.1 Å². The lowest BCUT2D eigenvalue weighted by atomic mass is 9.80. The smallest absolute Gasteiger partial charge is 0.332 e. The summed E-state index contributed by atoms with van der Waals surface area (Å²) in [4.78, 5) is 14.1. The second-order valence-corrected chi connectivity index (χ2v) is 5.29. The Hall–Kier alpha value is -1.09. The highest BCUT2D eigenvalue weighted by Crippen LogP contribution is 2.51. The first kappa shape index (κ1) is 8.99. The molecule has 0 N–H and O–H groups in total. The Balaban J connectivity index is 1.84. The first-order chi connectivity index (χ1) is 7.79. The van der Waals surface area contributed by atoms with E-state index in [1.807, 2.05) is 0 Å². The van der Waals surface area contributed by atoms with E-state index in [0.717, 1.165) is 18.5 Å². The van der Waals surface area contributed by atoms with Gasteiger partial charge in [-0.25, -0.2) is 4.79 Å². The van der Waals surface area contributed by atoms with Crippen LogP contribution in [0.2, 0.25) is 0 Å². The van der Waals surface area contributed by atoms with Gasteiger partial charge in [0.15, 0.2) is 5.60 Å². The summed E-state index contributed by atoms with van der Waals surface area (Å²) in [6.45, 7) is 1.16. The molecule has 4 rings (SSSR count). The number of carbonyl (C=O) groups excluding carboxylic acids is 1. The highest BCUT2D eigenvalue weighted by Gasteiger charge is 2.59. The molecule has 3 heterocycles. The molecule has 0 saturated carbocycles. The van der Waals surface area contributed by atoms with Crippen molar-refractivity contribution in [3.05, 3.63) is 23.8 Å². The molecule has 0 aromatic heterocycles. The number of hydrogen-bond donors (Lipinski definition) is 0. The Morgan fingerprint density at radius 2 is 2.38 bits per heavy atom. The van der Waals surface area contributed by atoms with Gasteiger partial charge in [-0.15, -0.1) is 0 Å². The number of rotatable bonds is 0. The van der Waals surface area contributed by atoms with E-state index in [-0.39, 0.29) is 11.6 Å². The third-order valence-corrected chi connectivity index (χ3v) is 4.56. The molecule has 3 atom stereocenters. The topological polar surface area (TPSA) is 29.5 Å². The standard InChI is InChI=1S/C13H15NO2/c15-12-7-9-4-5-10-8-13(9,16-12)11-3-1-2-6-14(10)11/h4-5,7,10-11H,1-3,6,8H2/t10?,11-,13-/m1/s1. The number of ether oxygens (including phenoxy) is 1. The zero-order valence-electron chi connectivity index (χ0n) is 9.19. The summed E-state index contributed by atoms with van der Waals surface area (Å²) in [5, 5.41) is 0. The summed E-state index contributed by atoms with van der Waals surface area (Å²) >= 11 is 0. The Morgan fingerprint density at radius 1 is 1.44 bits per heavy atom. The molecule has 0 aromatic carbocycles. The lowest BCUT2D eigenvalue weighted by Gasteiger charge is -2.37. The zero-order chi connectivity index (χ0) is 10.8. The van der Waals surface area contributed by atoms with Gasteiger partial charge in [-0.1, -0.05) is 18.6 Å². The molecule has 1 unspecified atom stereocenters. The predicted molar refractivity (Wildman–Crippen MR) is 58.8 cm³/mol. The number of piperidine rings is 1. The van der Waals surface area contributed by atoms with Gasteiger partial charge in [-0.05, 0) is 19.4 Å². The number of esters is 1. The van der Waals surface area contributed by atoms with E-state index in [1.165, 1.54) is 19.3 Å². The summed E-state index contributed by atoms with van der Waals surface area (Å²) in [6, 6.07) is 0.923. The number of fused-ring (bicyclic) bond motifs is 3. The fourth-order valence-corrected chi connectivity index (χ4v) is 3.94. The van der Waals surface area contributed by atoms with Gasteiger partial charge in [0.1, 0.15) is 0 Å². The lowest BCUT2D eigenvalue weighted by Crippen LogP contribution is -2.48. The zero-order valence-corrected chi connectivity index (χ0v) is 9.19. The molecule has 16 heavy (non-hydrogen) atoms. The molecule has 1 aliphatic carbocycles. The van der Waals surface area contributed by atoms with Crippen LogP contribution in [0.5, 0.6) is 0 Å². The summed E-state index contributed by atoms with van der Waals surface area (Å²) < 4.78 is 5.69. The molecule has 2 bridgehead atoms. The fourth-order valence-electron chi connectivity index (χ4n) is 3.94. The molecular formula is C13H15NO2. The first-order valence-electron chi connectivity index (χ1n) is 6.19. The second-order valence-electron chi connectivity index (χ2n) is 5.29. The van der Waals surface area contributed by atoms with Gasteiger partial charge in [-0.2, -0.15) is 0 Å². The Bertz CT molecular complexity index is 426. The minimum absolute atomic E-state index is 0.146. The monoisotopic (exact) mass is 217 g/mol. The Kier molecular flexibility index (Phi) is 1.56. The molecular weight excluding hydrogens is 202 g/mol. The van der Waals surface area contributed by atoms with Gasteiger partial charge >= 0.3 is 5.97 Å². The average Bonchev–Trinajstić information content (AvgIpc) is 2.76. The summed E-state index contributed by atoms with van der Waals surface area (Å²) in [7, 11) is 0. The third kappa shape index (κ3) is 0.908. The van der Waals surface area contributed by atoms with Gasteiger partial charge in [0.25, 0.3) is 0 Å². The van der Waals surface area contributed by atoms with Crippen LogP contribution in [0.15, 0.2) is 23.8 Å². The van der Waals surface area contributed by atoms with Crippen molar-refractivity contribution in [2.24, 2.45) is 0 Å². The molecule has 0 aromatic rings. The maximum absolute atomic E-state index is 11.5. The summed E-state index contributed by atoms with van der Waals surface area (Å²) in [6.07, 6.45) is 10.7. The molecule has 4 aliphatic rings. The van der Waals surface area contributed by atoms with Crippen LogP contribution in [-0.4, -0.2) is 35.1 Å². The van der Waals surface area contributed by atoms with Gasteiger partial charge in [0.2, 0.25) is 0 Å². The number of carbonyl (C=O) groups is 1. The molecule has 2 fully saturated rings. The van der Waals surface area contributed by atoms with Crippen LogP contribution in [0.1, 0.15) is 25.7 Å². The van der Waals surface area contributed by atoms with Crippen molar-refractivity contribution in [1.29, 1.82) is 0 Å². The maximum Gasteiger partial charge on any atom is 0.332 e. The van der Waals surface area contributed by atoms with E-state index in [1.54, 1.807) is 6.08 Å². The third-order valence-electron chi connectivity index (χ3n) is 4.56. The Labute approximate surface area is 94.8 Å². The van der Waals surface area contributed by atoms with Crippen molar-refractivity contribution in [2.45, 2.75) is 43.4 Å². The summed E-state index contributed by atoms with van der Waals surface area (Å²) in [5.74, 6) is -0.146. The average molecular weight is 217 g/mol. The molecule has 1 spiro atoms.